The van der Waals surface area contributed by atoms with Crippen LogP contribution in [0.5, 0.6) is 0 Å². The van der Waals surface area contributed by atoms with Crippen LogP contribution in [0.1, 0.15) is 26.7 Å². The molecule has 0 aromatic carbocycles. The van der Waals surface area contributed by atoms with Crippen molar-refractivity contribution in [2.75, 3.05) is 33.7 Å². The smallest absolute Gasteiger partial charge is 0.224 e. The molecule has 1 heterocycles. The van der Waals surface area contributed by atoms with E-state index >= 15 is 0 Å². The van der Waals surface area contributed by atoms with Gasteiger partial charge in [0.15, 0.2) is 0 Å². The molecule has 0 atom stereocenters. The summed E-state index contributed by atoms with van der Waals surface area (Å²) in [6.45, 7) is 6.54. The Kier molecular flexibility index (Phi) is 8.01. The Morgan fingerprint density at radius 1 is 1.33 bits per heavy atom. The van der Waals surface area contributed by atoms with Crippen LogP contribution in [0.25, 0.3) is 0 Å². The van der Waals surface area contributed by atoms with Gasteiger partial charge in [0.25, 0.3) is 0 Å². The molecule has 0 radical (unpaired) electrons. The molecule has 0 spiro atoms. The fourth-order valence-electron chi connectivity index (χ4n) is 1.35. The lowest BCUT2D eigenvalue weighted by Gasteiger charge is -2.24. The number of nitrogens with zero attached hydrogens (tertiary/aromatic N) is 2. The van der Waals surface area contributed by atoms with E-state index in [0.717, 1.165) is 26.1 Å². The van der Waals surface area contributed by atoms with E-state index in [0.29, 0.717) is 6.42 Å². The first-order chi connectivity index (χ1) is 7.20. The van der Waals surface area contributed by atoms with Crippen LogP contribution < -0.4 is 0 Å². The second-order valence-corrected chi connectivity index (χ2v) is 3.65. The summed E-state index contributed by atoms with van der Waals surface area (Å²) >= 11 is 0. The van der Waals surface area contributed by atoms with Gasteiger partial charge in [-0.2, -0.15) is 0 Å². The lowest BCUT2D eigenvalue weighted by molar-refractivity contribution is -0.131. The first-order valence-corrected chi connectivity index (χ1v) is 5.77. The van der Waals surface area contributed by atoms with Crippen LogP contribution in [-0.4, -0.2) is 49.4 Å². The summed E-state index contributed by atoms with van der Waals surface area (Å²) in [4.78, 5) is 15.5. The molecule has 0 N–H and O–H groups in total. The van der Waals surface area contributed by atoms with E-state index in [9.17, 15) is 4.79 Å². The second kappa shape index (κ2) is 8.48. The summed E-state index contributed by atoms with van der Waals surface area (Å²) < 4.78 is 0. The SMILES string of the molecule is CC.CN(C)CCC(=O)N1CC=CCC1. The summed E-state index contributed by atoms with van der Waals surface area (Å²) in [5.41, 5.74) is 0. The molecule has 15 heavy (non-hydrogen) atoms. The third kappa shape index (κ3) is 6.28. The Morgan fingerprint density at radius 3 is 2.47 bits per heavy atom. The maximum atomic E-state index is 11.6. The Hall–Kier alpha value is -0.830. The molecule has 3 heteroatoms. The largest absolute Gasteiger partial charge is 0.339 e. The maximum Gasteiger partial charge on any atom is 0.224 e. The highest BCUT2D eigenvalue weighted by molar-refractivity contribution is 5.76. The third-order valence-electron chi connectivity index (χ3n) is 2.18. The first-order valence-electron chi connectivity index (χ1n) is 5.77. The average Bonchev–Trinajstić information content (AvgIpc) is 2.30. The van der Waals surface area contributed by atoms with Gasteiger partial charge in [-0.1, -0.05) is 26.0 Å². The minimum Gasteiger partial charge on any atom is -0.339 e. The molecule has 1 amide bonds. The standard InChI is InChI=1S/C10H18N2O.C2H6/c1-11(2)9-6-10(13)12-7-4-3-5-8-12;1-2/h3-4H,5-9H2,1-2H3;1-2H3. The molecule has 0 fully saturated rings. The van der Waals surface area contributed by atoms with E-state index in [1.807, 2.05) is 37.7 Å². The third-order valence-corrected chi connectivity index (χ3v) is 2.18. The van der Waals surface area contributed by atoms with E-state index in [2.05, 4.69) is 12.2 Å². The van der Waals surface area contributed by atoms with Crippen molar-refractivity contribution in [2.24, 2.45) is 0 Å². The Balaban J connectivity index is 0.000000921. The summed E-state index contributed by atoms with van der Waals surface area (Å²) in [5.74, 6) is 0.276. The van der Waals surface area contributed by atoms with Gasteiger partial charge in [0, 0.05) is 26.1 Å². The molecule has 0 aromatic heterocycles. The van der Waals surface area contributed by atoms with Crippen LogP contribution >= 0.6 is 0 Å². The molecule has 0 unspecified atom stereocenters. The van der Waals surface area contributed by atoms with Crippen LogP contribution in [0.2, 0.25) is 0 Å². The summed E-state index contributed by atoms with van der Waals surface area (Å²) in [7, 11) is 3.98. The zero-order valence-electron chi connectivity index (χ0n) is 10.5. The van der Waals surface area contributed by atoms with Crippen LogP contribution in [0, 0.1) is 0 Å². The fourth-order valence-corrected chi connectivity index (χ4v) is 1.35. The minimum absolute atomic E-state index is 0.276. The highest BCUT2D eigenvalue weighted by Crippen LogP contribution is 2.03. The molecule has 0 aromatic rings. The average molecular weight is 212 g/mol. The number of carbonyl (C=O) groups is 1. The van der Waals surface area contributed by atoms with Crippen molar-refractivity contribution in [3.05, 3.63) is 12.2 Å². The first kappa shape index (κ1) is 14.2. The van der Waals surface area contributed by atoms with E-state index in [1.165, 1.54) is 0 Å². The van der Waals surface area contributed by atoms with Gasteiger partial charge in [-0.05, 0) is 20.5 Å². The van der Waals surface area contributed by atoms with Crippen LogP contribution in [0.15, 0.2) is 12.2 Å². The minimum atomic E-state index is 0.276. The quantitative estimate of drug-likeness (QED) is 0.665. The van der Waals surface area contributed by atoms with Gasteiger partial charge < -0.3 is 9.80 Å². The molecular formula is C12H24N2O. The van der Waals surface area contributed by atoms with Gasteiger partial charge in [-0.3, -0.25) is 4.79 Å². The molecule has 88 valence electrons. The molecule has 3 nitrogen and oxygen atoms in total. The molecular weight excluding hydrogens is 188 g/mol. The van der Waals surface area contributed by atoms with Gasteiger partial charge in [-0.25, -0.2) is 0 Å². The number of amides is 1. The highest BCUT2D eigenvalue weighted by atomic mass is 16.2. The number of carbonyl (C=O) groups excluding carboxylic acids is 1. The highest BCUT2D eigenvalue weighted by Gasteiger charge is 2.12. The lowest BCUT2D eigenvalue weighted by Crippen LogP contribution is -2.35. The van der Waals surface area contributed by atoms with Crippen molar-refractivity contribution >= 4 is 5.91 Å². The maximum absolute atomic E-state index is 11.6. The van der Waals surface area contributed by atoms with Crippen LogP contribution in [0.4, 0.5) is 0 Å². The lowest BCUT2D eigenvalue weighted by atomic mass is 10.2. The molecule has 0 aliphatic carbocycles. The topological polar surface area (TPSA) is 23.6 Å². The number of hydrogen-bond acceptors (Lipinski definition) is 2. The van der Waals surface area contributed by atoms with Crippen molar-refractivity contribution < 1.29 is 4.79 Å². The molecule has 0 saturated carbocycles. The van der Waals surface area contributed by atoms with Crippen molar-refractivity contribution in [3.63, 3.8) is 0 Å². The van der Waals surface area contributed by atoms with Crippen molar-refractivity contribution in [2.45, 2.75) is 26.7 Å². The monoisotopic (exact) mass is 212 g/mol. The van der Waals surface area contributed by atoms with E-state index in [4.69, 9.17) is 0 Å². The van der Waals surface area contributed by atoms with Gasteiger partial charge >= 0.3 is 0 Å². The molecule has 0 saturated heterocycles. The van der Waals surface area contributed by atoms with Crippen LogP contribution in [0.3, 0.4) is 0 Å². The Bertz CT molecular complexity index is 200. The van der Waals surface area contributed by atoms with E-state index in [1.54, 1.807) is 0 Å². The number of rotatable bonds is 3. The van der Waals surface area contributed by atoms with E-state index < -0.39 is 0 Å². The van der Waals surface area contributed by atoms with Gasteiger partial charge in [-0.15, -0.1) is 0 Å². The summed E-state index contributed by atoms with van der Waals surface area (Å²) in [5, 5.41) is 0. The second-order valence-electron chi connectivity index (χ2n) is 3.65. The van der Waals surface area contributed by atoms with Gasteiger partial charge in [0.05, 0.1) is 0 Å². The van der Waals surface area contributed by atoms with E-state index in [-0.39, 0.29) is 5.91 Å². The predicted molar refractivity (Wildman–Crippen MR) is 64.9 cm³/mol. The van der Waals surface area contributed by atoms with Gasteiger partial charge in [0.1, 0.15) is 0 Å². The summed E-state index contributed by atoms with van der Waals surface area (Å²) in [6, 6.07) is 0. The van der Waals surface area contributed by atoms with Crippen molar-refractivity contribution in [1.29, 1.82) is 0 Å². The van der Waals surface area contributed by atoms with Crippen molar-refractivity contribution in [3.8, 4) is 0 Å². The Labute approximate surface area is 93.7 Å². The molecule has 0 bridgehead atoms. The van der Waals surface area contributed by atoms with Gasteiger partial charge in [0.2, 0.25) is 5.91 Å². The van der Waals surface area contributed by atoms with Crippen molar-refractivity contribution in [1.82, 2.24) is 9.80 Å². The Morgan fingerprint density at radius 2 is 2.00 bits per heavy atom. The summed E-state index contributed by atoms with van der Waals surface area (Å²) in [6.07, 6.45) is 5.85. The molecule has 1 aliphatic rings. The molecule has 1 aliphatic heterocycles. The normalized spacial score (nSPS) is 14.9. The fraction of sp³-hybridized carbons (Fsp3) is 0.750. The number of hydrogen-bond donors (Lipinski definition) is 0. The zero-order valence-corrected chi connectivity index (χ0v) is 10.5. The molecule has 1 rings (SSSR count). The predicted octanol–water partition coefficient (Wildman–Crippen LogP) is 1.75. The van der Waals surface area contributed by atoms with Crippen LogP contribution in [-0.2, 0) is 4.79 Å². The zero-order chi connectivity index (χ0) is 11.7.